The van der Waals surface area contributed by atoms with Crippen molar-refractivity contribution in [3.8, 4) is 5.75 Å². The predicted molar refractivity (Wildman–Crippen MR) is 97.4 cm³/mol. The van der Waals surface area contributed by atoms with Crippen LogP contribution in [0, 0.1) is 10.1 Å². The van der Waals surface area contributed by atoms with Crippen LogP contribution in [-0.4, -0.2) is 21.4 Å². The molecule has 0 aliphatic heterocycles. The number of carbonyl (C=O) groups is 1. The Hall–Kier alpha value is -2.55. The number of benzene rings is 1. The van der Waals surface area contributed by atoms with Gasteiger partial charge in [0.25, 0.3) is 5.09 Å². The Bertz CT molecular complexity index is 438. The Kier molecular flexibility index (Phi) is 21.3. The summed E-state index contributed by atoms with van der Waals surface area (Å²) in [4.78, 5) is 17.4. The van der Waals surface area contributed by atoms with E-state index in [0.717, 1.165) is 12.0 Å². The van der Waals surface area contributed by atoms with E-state index in [2.05, 4.69) is 18.4 Å². The highest BCUT2D eigenvalue weighted by Gasteiger charge is 1.98. The highest BCUT2D eigenvalue weighted by Crippen LogP contribution is 2.18. The third kappa shape index (κ3) is 26.6. The lowest BCUT2D eigenvalue weighted by molar-refractivity contribution is -0.742. The van der Waals surface area contributed by atoms with Crippen LogP contribution in [0.4, 0.5) is 4.79 Å². The number of carbonyl (C=O) groups excluding carboxylic acids is 1. The fourth-order valence-electron chi connectivity index (χ4n) is 1.99. The average molecular weight is 360 g/mol. The zero-order valence-corrected chi connectivity index (χ0v) is 14.9. The van der Waals surface area contributed by atoms with Gasteiger partial charge in [-0.1, -0.05) is 63.6 Å². The van der Waals surface area contributed by atoms with Crippen molar-refractivity contribution >= 4 is 6.03 Å². The van der Waals surface area contributed by atoms with Gasteiger partial charge in [0, 0.05) is 0 Å². The van der Waals surface area contributed by atoms with Gasteiger partial charge < -0.3 is 27.9 Å². The van der Waals surface area contributed by atoms with E-state index in [1.807, 2.05) is 18.2 Å². The Balaban J connectivity index is -0.000000454. The second-order valence-electron chi connectivity index (χ2n) is 5.14. The van der Waals surface area contributed by atoms with Crippen molar-refractivity contribution in [2.75, 3.05) is 0 Å². The number of urea groups is 1. The van der Waals surface area contributed by atoms with E-state index in [1.165, 1.54) is 44.9 Å². The Morgan fingerprint density at radius 1 is 1.08 bits per heavy atom. The molecule has 25 heavy (non-hydrogen) atoms. The van der Waals surface area contributed by atoms with Gasteiger partial charge in [-0.3, -0.25) is 0 Å². The Morgan fingerprint density at radius 2 is 1.48 bits per heavy atom. The van der Waals surface area contributed by atoms with Gasteiger partial charge in [0.05, 0.1) is 0 Å². The van der Waals surface area contributed by atoms with Crippen LogP contribution >= 0.6 is 0 Å². The summed E-state index contributed by atoms with van der Waals surface area (Å²) in [5.41, 5.74) is 9.59. The minimum Gasteiger partial charge on any atom is -0.508 e. The van der Waals surface area contributed by atoms with E-state index in [4.69, 9.17) is 20.1 Å². The summed E-state index contributed by atoms with van der Waals surface area (Å²) < 4.78 is 0. The van der Waals surface area contributed by atoms with Crippen LogP contribution in [0.5, 0.6) is 5.75 Å². The van der Waals surface area contributed by atoms with E-state index < -0.39 is 11.1 Å². The molecule has 1 aromatic carbocycles. The van der Waals surface area contributed by atoms with Crippen LogP contribution in [0.2, 0.25) is 0 Å². The lowest BCUT2D eigenvalue weighted by Crippen LogP contribution is -2.18. The smallest absolute Gasteiger partial charge is 0.309 e. The van der Waals surface area contributed by atoms with Gasteiger partial charge in [-0.05, 0) is 24.5 Å². The van der Waals surface area contributed by atoms with Crippen LogP contribution in [0.15, 0.2) is 24.3 Å². The van der Waals surface area contributed by atoms with Crippen molar-refractivity contribution in [1.82, 2.24) is 6.15 Å². The minimum atomic E-state index is -1.50. The highest BCUT2D eigenvalue weighted by atomic mass is 16.9. The van der Waals surface area contributed by atoms with Gasteiger partial charge in [0.15, 0.2) is 0 Å². The SMILES string of the molecule is CCCCCCCCCc1ccccc1O.N.NC(N)=O.O=[N+]([O-])O. The number of unbranched alkanes of at least 4 members (excludes halogenated alkanes) is 6. The molecule has 0 radical (unpaired) electrons. The minimum absolute atomic E-state index is 0. The summed E-state index contributed by atoms with van der Waals surface area (Å²) in [6.45, 7) is 2.25. The first-order chi connectivity index (χ1) is 11.3. The highest BCUT2D eigenvalue weighted by molar-refractivity contribution is 5.69. The van der Waals surface area contributed by atoms with Crippen molar-refractivity contribution in [1.29, 1.82) is 0 Å². The van der Waals surface area contributed by atoms with E-state index in [9.17, 15) is 5.11 Å². The topological polar surface area (TPSA) is 188 Å². The van der Waals surface area contributed by atoms with E-state index >= 15 is 0 Å². The van der Waals surface area contributed by atoms with Gasteiger partial charge in [-0.25, -0.2) is 4.79 Å². The number of para-hydroxylation sites is 1. The zero-order valence-electron chi connectivity index (χ0n) is 14.9. The molecule has 9 nitrogen and oxygen atoms in total. The first-order valence-corrected chi connectivity index (χ1v) is 7.96. The number of hydrogen-bond acceptors (Lipinski definition) is 5. The Labute approximate surface area is 148 Å². The second kappa shape index (κ2) is 19.5. The van der Waals surface area contributed by atoms with Gasteiger partial charge >= 0.3 is 6.03 Å². The molecule has 0 aromatic heterocycles. The number of phenols is 1. The van der Waals surface area contributed by atoms with Gasteiger partial charge in [-0.15, -0.1) is 10.1 Å². The fourth-order valence-corrected chi connectivity index (χ4v) is 1.99. The van der Waals surface area contributed by atoms with Crippen LogP contribution in [0.3, 0.4) is 0 Å². The maximum atomic E-state index is 9.58. The summed E-state index contributed by atoms with van der Waals surface area (Å²) >= 11 is 0. The molecule has 0 atom stereocenters. The average Bonchev–Trinajstić information content (AvgIpc) is 2.47. The van der Waals surface area contributed by atoms with Crippen LogP contribution in [-0.2, 0) is 6.42 Å². The number of rotatable bonds is 8. The first-order valence-electron chi connectivity index (χ1n) is 7.96. The number of aryl methyl sites for hydroxylation is 1. The standard InChI is InChI=1S/C15H24O.CH4N2O.HNO3.H3N/c1-2-3-4-5-6-7-8-11-14-12-9-10-13-15(14)16;2*2-1(3)4;/h9-10,12-13,16H,2-8,11H2,1H3;(H4,2,3,4);(H,2,3,4);1H3. The quantitative estimate of drug-likeness (QED) is 0.268. The molecule has 0 saturated heterocycles. The molecule has 0 aliphatic carbocycles. The number of primary amides is 2. The third-order valence-corrected chi connectivity index (χ3v) is 3.04. The van der Waals surface area contributed by atoms with Crippen molar-refractivity contribution in [3.05, 3.63) is 39.9 Å². The van der Waals surface area contributed by atoms with Crippen LogP contribution in [0.1, 0.15) is 57.4 Å². The molecule has 0 fully saturated rings. The summed E-state index contributed by atoms with van der Waals surface area (Å²) in [5, 5.41) is 23.2. The lowest BCUT2D eigenvalue weighted by Gasteiger charge is -2.04. The van der Waals surface area contributed by atoms with Crippen molar-refractivity contribution in [2.24, 2.45) is 11.5 Å². The van der Waals surface area contributed by atoms with Gasteiger partial charge in [-0.2, -0.15) is 0 Å². The van der Waals surface area contributed by atoms with Crippen LogP contribution in [0.25, 0.3) is 0 Å². The molecule has 0 bridgehead atoms. The van der Waals surface area contributed by atoms with E-state index in [1.54, 1.807) is 6.07 Å². The molecular formula is C16H32N4O5. The molecular weight excluding hydrogens is 328 g/mol. The molecule has 0 spiro atoms. The van der Waals surface area contributed by atoms with Gasteiger partial charge in [0.1, 0.15) is 5.75 Å². The molecule has 0 heterocycles. The van der Waals surface area contributed by atoms with Gasteiger partial charge in [0.2, 0.25) is 0 Å². The summed E-state index contributed by atoms with van der Waals surface area (Å²) in [6, 6.07) is 6.84. The first kappa shape index (κ1) is 27.3. The third-order valence-electron chi connectivity index (χ3n) is 3.04. The Morgan fingerprint density at radius 3 is 1.92 bits per heavy atom. The maximum absolute atomic E-state index is 9.58. The lowest BCUT2D eigenvalue weighted by atomic mass is 10.0. The second-order valence-corrected chi connectivity index (χ2v) is 5.14. The molecule has 0 unspecified atom stereocenters. The molecule has 9 heteroatoms. The van der Waals surface area contributed by atoms with E-state index in [0.29, 0.717) is 5.75 Å². The normalized spacial score (nSPS) is 8.68. The molecule has 146 valence electrons. The van der Waals surface area contributed by atoms with E-state index in [-0.39, 0.29) is 6.15 Å². The number of nitrogens with two attached hydrogens (primary N) is 2. The van der Waals surface area contributed by atoms with Crippen LogP contribution < -0.4 is 17.6 Å². The molecule has 2 amide bonds. The molecule has 1 rings (SSSR count). The zero-order chi connectivity index (χ0) is 18.8. The predicted octanol–water partition coefficient (Wildman–Crippen LogP) is 3.52. The molecule has 0 aliphatic rings. The number of aromatic hydroxyl groups is 1. The molecule has 1 aromatic rings. The number of phenolic OH excluding ortho intramolecular Hbond substituents is 1. The largest absolute Gasteiger partial charge is 0.508 e. The van der Waals surface area contributed by atoms with Crippen molar-refractivity contribution in [3.63, 3.8) is 0 Å². The number of nitrogens with zero attached hydrogens (tertiary/aromatic N) is 1. The summed E-state index contributed by atoms with van der Waals surface area (Å²) in [6.07, 6.45) is 10.3. The molecule has 0 saturated carbocycles. The summed E-state index contributed by atoms with van der Waals surface area (Å²) in [5.74, 6) is 0.452. The maximum Gasteiger partial charge on any atom is 0.309 e. The fraction of sp³-hybridized carbons (Fsp3) is 0.562. The molecule has 9 N–H and O–H groups in total. The summed E-state index contributed by atoms with van der Waals surface area (Å²) in [7, 11) is 0. The van der Waals surface area contributed by atoms with Crippen molar-refractivity contribution < 1.29 is 20.2 Å². The number of hydrogen-bond donors (Lipinski definition) is 5. The number of amides is 2. The monoisotopic (exact) mass is 360 g/mol. The van der Waals surface area contributed by atoms with Crippen molar-refractivity contribution in [2.45, 2.75) is 58.3 Å².